The molecular formula is C14H8O5S. The first-order chi connectivity index (χ1) is 9.72. The summed E-state index contributed by atoms with van der Waals surface area (Å²) < 4.78 is 4.32. The fourth-order valence-electron chi connectivity index (χ4n) is 2.18. The number of carbonyl (C=O) groups is 2. The average Bonchev–Trinajstić information content (AvgIpc) is 2.50. The van der Waals surface area contributed by atoms with Crippen LogP contribution in [0.1, 0.15) is 31.8 Å². The van der Waals surface area contributed by atoms with Gasteiger partial charge < -0.3 is 0 Å². The van der Waals surface area contributed by atoms with E-state index in [1.807, 2.05) is 0 Å². The number of fused-ring (bicyclic) bond motifs is 2. The highest BCUT2D eigenvalue weighted by Gasteiger charge is 2.29. The molecule has 1 aliphatic carbocycles. The van der Waals surface area contributed by atoms with Crippen LogP contribution in [0.3, 0.4) is 0 Å². The number of hydrogen-bond donors (Lipinski definition) is 1. The van der Waals surface area contributed by atoms with E-state index in [2.05, 4.69) is 9.37 Å². The van der Waals surface area contributed by atoms with Crippen molar-refractivity contribution in [2.75, 3.05) is 0 Å². The molecule has 0 amide bonds. The van der Waals surface area contributed by atoms with Crippen molar-refractivity contribution in [3.05, 3.63) is 64.7 Å². The van der Waals surface area contributed by atoms with Crippen LogP contribution < -0.4 is 0 Å². The van der Waals surface area contributed by atoms with Crippen LogP contribution >= 0.6 is 12.0 Å². The van der Waals surface area contributed by atoms with E-state index in [1.54, 1.807) is 36.4 Å². The van der Waals surface area contributed by atoms with Gasteiger partial charge in [-0.3, -0.25) is 9.59 Å². The first-order valence-electron chi connectivity index (χ1n) is 5.69. The van der Waals surface area contributed by atoms with Crippen LogP contribution in [0.25, 0.3) is 0 Å². The van der Waals surface area contributed by atoms with E-state index in [9.17, 15) is 9.59 Å². The van der Waals surface area contributed by atoms with E-state index in [0.717, 1.165) is 12.0 Å². The minimum Gasteiger partial charge on any atom is -0.289 e. The predicted octanol–water partition coefficient (Wildman–Crippen LogP) is 2.89. The molecule has 5 nitrogen and oxygen atoms in total. The molecule has 0 atom stereocenters. The summed E-state index contributed by atoms with van der Waals surface area (Å²) in [6, 6.07) is 11.4. The summed E-state index contributed by atoms with van der Waals surface area (Å²) in [5, 5.41) is 11.6. The summed E-state index contributed by atoms with van der Waals surface area (Å²) in [5.74, 6) is -0.381. The van der Waals surface area contributed by atoms with Gasteiger partial charge in [0, 0.05) is 27.1 Å². The number of rotatable bonds is 3. The van der Waals surface area contributed by atoms with Gasteiger partial charge in [-0.25, -0.2) is 5.26 Å². The van der Waals surface area contributed by atoms with Gasteiger partial charge in [-0.1, -0.05) is 29.3 Å². The molecule has 0 unspecified atom stereocenters. The minimum absolute atomic E-state index is 0.175. The Balaban J connectivity index is 2.09. The first-order valence-corrected chi connectivity index (χ1v) is 6.44. The molecule has 6 heteroatoms. The van der Waals surface area contributed by atoms with Crippen LogP contribution in [0.15, 0.2) is 47.4 Å². The Kier molecular flexibility index (Phi) is 3.37. The van der Waals surface area contributed by atoms with Crippen LogP contribution in [-0.2, 0) is 9.37 Å². The lowest BCUT2D eigenvalue weighted by atomic mass is 9.84. The van der Waals surface area contributed by atoms with Gasteiger partial charge in [-0.2, -0.15) is 0 Å². The Labute approximate surface area is 118 Å². The molecular weight excluding hydrogens is 280 g/mol. The van der Waals surface area contributed by atoms with Gasteiger partial charge in [-0.05, 0) is 18.2 Å². The molecule has 1 aliphatic rings. The molecule has 0 heterocycles. The van der Waals surface area contributed by atoms with Crippen LogP contribution in [0.5, 0.6) is 0 Å². The molecule has 0 spiro atoms. The zero-order valence-electron chi connectivity index (χ0n) is 10.0. The molecule has 1 N–H and O–H groups in total. The van der Waals surface area contributed by atoms with Gasteiger partial charge in [-0.15, -0.1) is 4.33 Å². The third kappa shape index (κ3) is 2.04. The van der Waals surface area contributed by atoms with Crippen LogP contribution in [0.2, 0.25) is 0 Å². The average molecular weight is 288 g/mol. The highest BCUT2D eigenvalue weighted by Crippen LogP contribution is 2.30. The van der Waals surface area contributed by atoms with Gasteiger partial charge in [0.1, 0.15) is 0 Å². The Morgan fingerprint density at radius 2 is 1.45 bits per heavy atom. The summed E-state index contributed by atoms with van der Waals surface area (Å²) in [6.07, 6.45) is 0. The zero-order chi connectivity index (χ0) is 14.1. The fourth-order valence-corrected chi connectivity index (χ4v) is 2.58. The van der Waals surface area contributed by atoms with Crippen molar-refractivity contribution >= 4 is 23.6 Å². The van der Waals surface area contributed by atoms with Crippen molar-refractivity contribution in [1.29, 1.82) is 0 Å². The largest absolute Gasteiger partial charge is 0.289 e. The van der Waals surface area contributed by atoms with E-state index in [1.165, 1.54) is 6.07 Å². The predicted molar refractivity (Wildman–Crippen MR) is 70.4 cm³/mol. The molecule has 0 saturated heterocycles. The van der Waals surface area contributed by atoms with E-state index >= 15 is 0 Å². The van der Waals surface area contributed by atoms with E-state index in [-0.39, 0.29) is 11.6 Å². The molecule has 20 heavy (non-hydrogen) atoms. The number of hydrogen-bond acceptors (Lipinski definition) is 6. The van der Waals surface area contributed by atoms with Crippen LogP contribution in [0.4, 0.5) is 0 Å². The quantitative estimate of drug-likeness (QED) is 0.454. The molecule has 0 aliphatic heterocycles. The summed E-state index contributed by atoms with van der Waals surface area (Å²) in [6.45, 7) is 0. The molecule has 100 valence electrons. The minimum atomic E-state index is -0.206. The normalized spacial score (nSPS) is 13.1. The Morgan fingerprint density at radius 1 is 0.850 bits per heavy atom. The lowest BCUT2D eigenvalue weighted by Gasteiger charge is -2.17. The first kappa shape index (κ1) is 13.0. The number of ketones is 2. The van der Waals surface area contributed by atoms with Crippen molar-refractivity contribution in [3.8, 4) is 0 Å². The molecule has 3 rings (SSSR count). The van der Waals surface area contributed by atoms with E-state index < -0.39 is 0 Å². The van der Waals surface area contributed by atoms with Crippen molar-refractivity contribution < 1.29 is 24.2 Å². The maximum absolute atomic E-state index is 12.4. The maximum atomic E-state index is 12.4. The molecule has 0 bridgehead atoms. The van der Waals surface area contributed by atoms with E-state index in [4.69, 9.17) is 5.26 Å². The summed E-state index contributed by atoms with van der Waals surface area (Å²) in [7, 11) is 0. The van der Waals surface area contributed by atoms with Crippen molar-refractivity contribution in [1.82, 2.24) is 0 Å². The number of benzene rings is 2. The molecule has 0 saturated carbocycles. The third-order valence-corrected chi connectivity index (χ3v) is 3.63. The number of carbonyl (C=O) groups excluding carboxylic acids is 2. The second-order valence-electron chi connectivity index (χ2n) is 4.14. The van der Waals surface area contributed by atoms with E-state index in [0.29, 0.717) is 27.1 Å². The third-order valence-electron chi connectivity index (χ3n) is 3.06. The standard InChI is InChI=1S/C14H8O5S/c15-13-9-3-1-2-4-10(9)14(16)12-7-8(20-19-18-17)5-6-11(12)13/h1-7,17H. The lowest BCUT2D eigenvalue weighted by Crippen LogP contribution is -2.20. The van der Waals surface area contributed by atoms with Crippen LogP contribution in [0, 0.1) is 0 Å². The second-order valence-corrected chi connectivity index (χ2v) is 4.91. The lowest BCUT2D eigenvalue weighted by molar-refractivity contribution is -0.432. The maximum Gasteiger partial charge on any atom is 0.194 e. The van der Waals surface area contributed by atoms with Gasteiger partial charge in [0.15, 0.2) is 11.6 Å². The van der Waals surface area contributed by atoms with Gasteiger partial charge >= 0.3 is 0 Å². The zero-order valence-corrected chi connectivity index (χ0v) is 10.8. The summed E-state index contributed by atoms with van der Waals surface area (Å²) in [4.78, 5) is 25.3. The van der Waals surface area contributed by atoms with Gasteiger partial charge in [0.25, 0.3) is 0 Å². The van der Waals surface area contributed by atoms with Crippen molar-refractivity contribution in [2.24, 2.45) is 0 Å². The molecule has 0 radical (unpaired) electrons. The highest BCUT2D eigenvalue weighted by molar-refractivity contribution is 7.94. The summed E-state index contributed by atoms with van der Waals surface area (Å²) >= 11 is 0.742. The molecule has 0 fully saturated rings. The molecule has 2 aromatic rings. The Morgan fingerprint density at radius 3 is 2.10 bits per heavy atom. The van der Waals surface area contributed by atoms with Crippen molar-refractivity contribution in [2.45, 2.75) is 4.90 Å². The molecule has 0 aromatic heterocycles. The van der Waals surface area contributed by atoms with Crippen molar-refractivity contribution in [3.63, 3.8) is 0 Å². The van der Waals surface area contributed by atoms with Crippen LogP contribution in [-0.4, -0.2) is 16.8 Å². The Bertz CT molecular complexity index is 710. The molecule has 2 aromatic carbocycles. The summed E-state index contributed by atoms with van der Waals surface area (Å²) in [5.41, 5.74) is 1.50. The monoisotopic (exact) mass is 288 g/mol. The fraction of sp³-hybridized carbons (Fsp3) is 0. The smallest absolute Gasteiger partial charge is 0.194 e. The SMILES string of the molecule is O=C1c2ccccc2C(=O)c2cc(SOOO)ccc21. The van der Waals surface area contributed by atoms with Gasteiger partial charge in [0.05, 0.1) is 12.0 Å². The van der Waals surface area contributed by atoms with Gasteiger partial charge in [0.2, 0.25) is 0 Å². The second kappa shape index (κ2) is 5.18. The highest BCUT2D eigenvalue weighted by atomic mass is 32.2. The Hall–Kier alpha value is -1.99. The topological polar surface area (TPSA) is 72.8 Å².